The number of ether oxygens (including phenoxy) is 1. The number of ketones is 1. The molecule has 2 atom stereocenters. The minimum absolute atomic E-state index is 0.0152. The van der Waals surface area contributed by atoms with Gasteiger partial charge in [-0.05, 0) is 20.9 Å². The van der Waals surface area contributed by atoms with E-state index in [9.17, 15) is 43.2 Å². The summed E-state index contributed by atoms with van der Waals surface area (Å²) in [4.78, 5) is 108. The SMILES string of the molecule is CCOCCC(C)=O.CNC(CC(=O)NCCNC(=O)CCN1C(=O)CC(C)C1=O)CC(=O)NCCNC(=O)CCN1C(=O)CC(C)C1=O. The van der Waals surface area contributed by atoms with E-state index in [0.717, 1.165) is 9.80 Å². The lowest BCUT2D eigenvalue weighted by Gasteiger charge is -2.16. The molecule has 0 saturated carbocycles. The molecule has 0 radical (unpaired) electrons. The van der Waals surface area contributed by atoms with Crippen LogP contribution in [0, 0.1) is 11.8 Å². The van der Waals surface area contributed by atoms with Crippen molar-refractivity contribution in [2.75, 3.05) is 59.5 Å². The fourth-order valence-electron chi connectivity index (χ4n) is 4.81. The summed E-state index contributed by atoms with van der Waals surface area (Å²) < 4.78 is 4.92. The second-order valence-electron chi connectivity index (χ2n) is 11.9. The van der Waals surface area contributed by atoms with Gasteiger partial charge in [-0.15, -0.1) is 0 Å². The molecule has 2 saturated heterocycles. The molecule has 17 nitrogen and oxygen atoms in total. The predicted octanol–water partition coefficient (Wildman–Crippen LogP) is -1.61. The molecule has 0 aromatic rings. The second-order valence-corrected chi connectivity index (χ2v) is 11.9. The van der Waals surface area contributed by atoms with E-state index >= 15 is 0 Å². The highest BCUT2D eigenvalue weighted by molar-refractivity contribution is 6.04. The standard InChI is InChI=1S/C26H41N7O8.C6H12O2/c1-16-12-23(38)32(25(16)40)10-4-19(34)28-6-8-30-21(36)14-18(27-3)15-22(37)31-9-7-29-20(35)5-11-33-24(39)13-17(2)26(33)41;1-3-8-5-4-6(2)7/h16-18,27H,4-15H2,1-3H3,(H,28,34)(H,29,35)(H,30,36)(H,31,37);3-5H2,1-2H3. The van der Waals surface area contributed by atoms with Crippen molar-refractivity contribution in [1.29, 1.82) is 0 Å². The lowest BCUT2D eigenvalue weighted by atomic mass is 10.1. The molecule has 2 unspecified atom stereocenters. The summed E-state index contributed by atoms with van der Waals surface area (Å²) in [5, 5.41) is 13.5. The van der Waals surface area contributed by atoms with Crippen LogP contribution in [-0.4, -0.2) is 128 Å². The number of hydrogen-bond acceptors (Lipinski definition) is 11. The van der Waals surface area contributed by atoms with Crippen LogP contribution in [-0.2, 0) is 47.9 Å². The van der Waals surface area contributed by atoms with E-state index in [2.05, 4.69) is 26.6 Å². The third-order valence-corrected chi connectivity index (χ3v) is 7.68. The molecule has 2 rings (SSSR count). The quantitative estimate of drug-likeness (QED) is 0.0678. The molecule has 0 spiro atoms. The van der Waals surface area contributed by atoms with E-state index in [0.29, 0.717) is 19.6 Å². The van der Waals surface area contributed by atoms with Crippen LogP contribution >= 0.6 is 0 Å². The summed E-state index contributed by atoms with van der Waals surface area (Å²) in [5.74, 6) is -2.93. The van der Waals surface area contributed by atoms with E-state index in [1.165, 1.54) is 0 Å². The largest absolute Gasteiger partial charge is 0.381 e. The Labute approximate surface area is 287 Å². The molecule has 0 bridgehead atoms. The van der Waals surface area contributed by atoms with Gasteiger partial charge < -0.3 is 31.3 Å². The van der Waals surface area contributed by atoms with Crippen molar-refractivity contribution in [2.24, 2.45) is 11.8 Å². The summed E-state index contributed by atoms with van der Waals surface area (Å²) in [6.45, 7) is 8.85. The van der Waals surface area contributed by atoms with Crippen molar-refractivity contribution in [3.8, 4) is 0 Å². The highest BCUT2D eigenvalue weighted by Crippen LogP contribution is 2.19. The van der Waals surface area contributed by atoms with Crippen molar-refractivity contribution in [1.82, 2.24) is 36.4 Å². The second kappa shape index (κ2) is 23.2. The van der Waals surface area contributed by atoms with Crippen LogP contribution in [0.3, 0.4) is 0 Å². The molecular weight excluding hydrogens is 642 g/mol. The van der Waals surface area contributed by atoms with Crippen LogP contribution in [0.25, 0.3) is 0 Å². The van der Waals surface area contributed by atoms with Crippen LogP contribution < -0.4 is 26.6 Å². The van der Waals surface area contributed by atoms with Gasteiger partial charge in [0.1, 0.15) is 5.78 Å². The van der Waals surface area contributed by atoms with Gasteiger partial charge >= 0.3 is 0 Å². The highest BCUT2D eigenvalue weighted by atomic mass is 16.5. The molecule has 0 aliphatic carbocycles. The molecule has 2 heterocycles. The van der Waals surface area contributed by atoms with E-state index in [-0.39, 0.29) is 143 Å². The fraction of sp³-hybridized carbons (Fsp3) is 0.719. The van der Waals surface area contributed by atoms with Crippen LogP contribution in [0.1, 0.15) is 72.6 Å². The van der Waals surface area contributed by atoms with E-state index < -0.39 is 6.04 Å². The molecule has 276 valence electrons. The van der Waals surface area contributed by atoms with Crippen molar-refractivity contribution < 1.29 is 47.9 Å². The third-order valence-electron chi connectivity index (χ3n) is 7.68. The van der Waals surface area contributed by atoms with Gasteiger partial charge in [0, 0.05) is 109 Å². The number of nitrogens with one attached hydrogen (secondary N) is 5. The van der Waals surface area contributed by atoms with Crippen LogP contribution in [0.2, 0.25) is 0 Å². The van der Waals surface area contributed by atoms with Crippen molar-refractivity contribution >= 4 is 53.0 Å². The molecule has 2 aliphatic heterocycles. The van der Waals surface area contributed by atoms with Gasteiger partial charge in [0.05, 0.1) is 6.61 Å². The van der Waals surface area contributed by atoms with Gasteiger partial charge in [0.15, 0.2) is 0 Å². The zero-order valence-corrected chi connectivity index (χ0v) is 29.3. The minimum atomic E-state index is -0.435. The molecule has 8 amide bonds. The Morgan fingerprint density at radius 2 is 1.08 bits per heavy atom. The Morgan fingerprint density at radius 3 is 1.39 bits per heavy atom. The normalized spacial score (nSPS) is 17.7. The first-order chi connectivity index (χ1) is 23.2. The third kappa shape index (κ3) is 17.1. The van der Waals surface area contributed by atoms with Gasteiger partial charge in [-0.3, -0.25) is 53.0 Å². The van der Waals surface area contributed by atoms with Gasteiger partial charge in [-0.25, -0.2) is 0 Å². The number of carbonyl (C=O) groups is 9. The predicted molar refractivity (Wildman–Crippen MR) is 176 cm³/mol. The van der Waals surface area contributed by atoms with Gasteiger partial charge in [0.25, 0.3) is 0 Å². The Morgan fingerprint density at radius 1 is 0.694 bits per heavy atom. The summed E-state index contributed by atoms with van der Waals surface area (Å²) in [7, 11) is 1.62. The first-order valence-corrected chi connectivity index (χ1v) is 16.7. The number of hydrogen-bond donors (Lipinski definition) is 5. The molecular formula is C32H53N7O10. The first kappa shape index (κ1) is 42.8. The summed E-state index contributed by atoms with van der Waals surface area (Å²) >= 11 is 0. The molecule has 2 aliphatic rings. The molecule has 0 aromatic heterocycles. The molecule has 2 fully saturated rings. The van der Waals surface area contributed by atoms with Crippen LogP contribution in [0.5, 0.6) is 0 Å². The van der Waals surface area contributed by atoms with Gasteiger partial charge in [-0.2, -0.15) is 0 Å². The Bertz CT molecular complexity index is 1120. The zero-order chi connectivity index (χ0) is 36.9. The number of imide groups is 2. The smallest absolute Gasteiger partial charge is 0.232 e. The van der Waals surface area contributed by atoms with Crippen LogP contribution in [0.4, 0.5) is 0 Å². The van der Waals surface area contributed by atoms with E-state index in [1.807, 2.05) is 6.92 Å². The highest BCUT2D eigenvalue weighted by Gasteiger charge is 2.36. The maximum atomic E-state index is 12.2. The number of likely N-dealkylation sites (tertiary alicyclic amines) is 2. The number of rotatable bonds is 21. The lowest BCUT2D eigenvalue weighted by molar-refractivity contribution is -0.141. The summed E-state index contributed by atoms with van der Waals surface area (Å²) in [6.07, 6.45) is 0.894. The monoisotopic (exact) mass is 695 g/mol. The Hall–Kier alpha value is -4.25. The van der Waals surface area contributed by atoms with Gasteiger partial charge in [-0.1, -0.05) is 13.8 Å². The average Bonchev–Trinajstić information content (AvgIpc) is 3.44. The number of Topliss-reactive ketones (excluding diaryl/α,β-unsaturated/α-hetero) is 1. The average molecular weight is 696 g/mol. The molecule has 49 heavy (non-hydrogen) atoms. The van der Waals surface area contributed by atoms with Crippen molar-refractivity contribution in [3.05, 3.63) is 0 Å². The molecule has 0 aromatic carbocycles. The maximum absolute atomic E-state index is 12.2. The maximum Gasteiger partial charge on any atom is 0.232 e. The lowest BCUT2D eigenvalue weighted by Crippen LogP contribution is -2.42. The van der Waals surface area contributed by atoms with E-state index in [4.69, 9.17) is 4.74 Å². The number of amides is 8. The van der Waals surface area contributed by atoms with Crippen LogP contribution in [0.15, 0.2) is 0 Å². The number of carbonyl (C=O) groups excluding carboxylic acids is 9. The molecule has 17 heteroatoms. The van der Waals surface area contributed by atoms with Crippen molar-refractivity contribution in [2.45, 2.75) is 78.7 Å². The summed E-state index contributed by atoms with van der Waals surface area (Å²) in [6, 6.07) is -0.435. The summed E-state index contributed by atoms with van der Waals surface area (Å²) in [5.41, 5.74) is 0. The van der Waals surface area contributed by atoms with Gasteiger partial charge in [0.2, 0.25) is 47.3 Å². The Balaban J connectivity index is 0.00000133. The Kier molecular flexibility index (Phi) is 20.2. The minimum Gasteiger partial charge on any atom is -0.381 e. The van der Waals surface area contributed by atoms with Crippen molar-refractivity contribution in [3.63, 3.8) is 0 Å². The fourth-order valence-corrected chi connectivity index (χ4v) is 4.81. The topological polar surface area (TPSA) is 229 Å². The zero-order valence-electron chi connectivity index (χ0n) is 29.3. The first-order valence-electron chi connectivity index (χ1n) is 16.7. The molecule has 5 N–H and O–H groups in total. The number of nitrogens with zero attached hydrogens (tertiary/aromatic N) is 2. The van der Waals surface area contributed by atoms with E-state index in [1.54, 1.807) is 27.8 Å².